The lowest BCUT2D eigenvalue weighted by molar-refractivity contribution is -0.122. The third kappa shape index (κ3) is 5.25. The fourth-order valence-corrected chi connectivity index (χ4v) is 0.946. The van der Waals surface area contributed by atoms with Crippen LogP contribution in [0.15, 0.2) is 12.2 Å². The van der Waals surface area contributed by atoms with Gasteiger partial charge in [-0.15, -0.1) is 0 Å². The molecule has 3 N–H and O–H groups in total. The first-order valence-electron chi connectivity index (χ1n) is 5.18. The molecule has 5 nitrogen and oxygen atoms in total. The molecule has 1 unspecified atom stereocenters. The predicted octanol–water partition coefficient (Wildman–Crippen LogP) is -0.173. The second-order valence-corrected chi connectivity index (χ2v) is 4.19. The van der Waals surface area contributed by atoms with Crippen LogP contribution in [0.3, 0.4) is 0 Å². The molecule has 0 saturated heterocycles. The maximum Gasteiger partial charge on any atom is 0.246 e. The fourth-order valence-electron chi connectivity index (χ4n) is 0.946. The van der Waals surface area contributed by atoms with Gasteiger partial charge in [-0.3, -0.25) is 4.79 Å². The van der Waals surface area contributed by atoms with E-state index in [4.69, 9.17) is 9.84 Å². The Hall–Kier alpha value is -0.910. The molecule has 0 aromatic heterocycles. The Morgan fingerprint density at radius 1 is 1.56 bits per heavy atom. The molecular formula is C11H21NO4. The third-order valence-corrected chi connectivity index (χ3v) is 2.22. The monoisotopic (exact) mass is 231 g/mol. The van der Waals surface area contributed by atoms with E-state index in [0.29, 0.717) is 12.1 Å². The molecular weight excluding hydrogens is 210 g/mol. The molecule has 0 heterocycles. The molecule has 0 saturated carbocycles. The lowest BCUT2D eigenvalue weighted by atomic mass is 10.0. The Balaban J connectivity index is 3.82. The van der Waals surface area contributed by atoms with Crippen LogP contribution in [0.25, 0.3) is 0 Å². The second kappa shape index (κ2) is 6.62. The summed E-state index contributed by atoms with van der Waals surface area (Å²) in [5.74, 6) is -0.218. The zero-order valence-corrected chi connectivity index (χ0v) is 10.1. The lowest BCUT2D eigenvalue weighted by Gasteiger charge is -2.29. The van der Waals surface area contributed by atoms with Crippen molar-refractivity contribution in [2.24, 2.45) is 0 Å². The molecule has 0 rings (SSSR count). The summed E-state index contributed by atoms with van der Waals surface area (Å²) in [4.78, 5) is 11.1. The molecule has 16 heavy (non-hydrogen) atoms. The number of nitrogens with one attached hydrogen (secondary N) is 1. The summed E-state index contributed by atoms with van der Waals surface area (Å²) in [5, 5.41) is 20.8. The summed E-state index contributed by atoms with van der Waals surface area (Å²) in [6.07, 6.45) is -0.940. The molecule has 0 aliphatic heterocycles. The van der Waals surface area contributed by atoms with Gasteiger partial charge in [-0.1, -0.05) is 6.58 Å². The number of rotatable bonds is 7. The highest BCUT2D eigenvalue weighted by molar-refractivity contribution is 5.91. The molecule has 1 atom stereocenters. The second-order valence-electron chi connectivity index (χ2n) is 4.19. The van der Waals surface area contributed by atoms with E-state index in [1.165, 1.54) is 0 Å². The van der Waals surface area contributed by atoms with E-state index in [-0.39, 0.29) is 19.1 Å². The van der Waals surface area contributed by atoms with E-state index in [1.807, 2.05) is 0 Å². The summed E-state index contributed by atoms with van der Waals surface area (Å²) in [5.41, 5.74) is -0.391. The van der Waals surface area contributed by atoms with E-state index in [9.17, 15) is 9.90 Å². The van der Waals surface area contributed by atoms with Crippen LogP contribution < -0.4 is 5.32 Å². The van der Waals surface area contributed by atoms with Crippen molar-refractivity contribution in [2.45, 2.75) is 32.5 Å². The van der Waals surface area contributed by atoms with E-state index in [2.05, 4.69) is 11.9 Å². The topological polar surface area (TPSA) is 78.8 Å². The zero-order valence-electron chi connectivity index (χ0n) is 10.1. The number of aliphatic hydroxyl groups excluding tert-OH is 2. The largest absolute Gasteiger partial charge is 0.394 e. The number of aliphatic hydroxyl groups is 2. The number of carbonyl (C=O) groups is 1. The molecule has 0 aliphatic carbocycles. The molecule has 0 fully saturated rings. The van der Waals surface area contributed by atoms with Gasteiger partial charge in [0.2, 0.25) is 5.91 Å². The quantitative estimate of drug-likeness (QED) is 0.420. The highest BCUT2D eigenvalue weighted by Gasteiger charge is 2.27. The highest BCUT2D eigenvalue weighted by Crippen LogP contribution is 2.13. The van der Waals surface area contributed by atoms with Gasteiger partial charge < -0.3 is 20.3 Å². The van der Waals surface area contributed by atoms with Gasteiger partial charge in [0, 0.05) is 12.1 Å². The standard InChI is InChI=1S/C11H21NO4/c1-8(2)10(15)12-5-6-16-11(3,4)9(14)7-13/h9,13-14H,1,5-7H2,2-4H3,(H,12,15). The maximum absolute atomic E-state index is 11.1. The Morgan fingerprint density at radius 3 is 2.56 bits per heavy atom. The fraction of sp³-hybridized carbons (Fsp3) is 0.727. The van der Waals surface area contributed by atoms with Crippen molar-refractivity contribution in [3.63, 3.8) is 0 Å². The Kier molecular flexibility index (Phi) is 6.25. The van der Waals surface area contributed by atoms with Gasteiger partial charge in [-0.25, -0.2) is 0 Å². The van der Waals surface area contributed by atoms with Crippen LogP contribution in [0.2, 0.25) is 0 Å². The summed E-state index contributed by atoms with van der Waals surface area (Å²) >= 11 is 0. The summed E-state index contributed by atoms with van der Waals surface area (Å²) in [7, 11) is 0. The Morgan fingerprint density at radius 2 is 2.12 bits per heavy atom. The zero-order chi connectivity index (χ0) is 12.8. The van der Waals surface area contributed by atoms with Crippen LogP contribution in [0.4, 0.5) is 0 Å². The SMILES string of the molecule is C=C(C)C(=O)NCCOC(C)(C)C(O)CO. The van der Waals surface area contributed by atoms with Crippen LogP contribution in [-0.2, 0) is 9.53 Å². The van der Waals surface area contributed by atoms with E-state index < -0.39 is 11.7 Å². The normalized spacial score (nSPS) is 13.3. The highest BCUT2D eigenvalue weighted by atomic mass is 16.5. The number of ether oxygens (including phenoxy) is 1. The van der Waals surface area contributed by atoms with Crippen LogP contribution in [0.1, 0.15) is 20.8 Å². The third-order valence-electron chi connectivity index (χ3n) is 2.22. The van der Waals surface area contributed by atoms with Crippen LogP contribution in [-0.4, -0.2) is 47.6 Å². The summed E-state index contributed by atoms with van der Waals surface area (Å²) < 4.78 is 5.36. The van der Waals surface area contributed by atoms with Gasteiger partial charge in [0.25, 0.3) is 0 Å². The van der Waals surface area contributed by atoms with Crippen molar-refractivity contribution in [3.8, 4) is 0 Å². The van der Waals surface area contributed by atoms with Gasteiger partial charge >= 0.3 is 0 Å². The van der Waals surface area contributed by atoms with Crippen molar-refractivity contribution in [2.75, 3.05) is 19.8 Å². The molecule has 0 spiro atoms. The van der Waals surface area contributed by atoms with Crippen molar-refractivity contribution in [1.82, 2.24) is 5.32 Å². The minimum atomic E-state index is -0.940. The number of carbonyl (C=O) groups excluding carboxylic acids is 1. The number of amides is 1. The van der Waals surface area contributed by atoms with Crippen LogP contribution >= 0.6 is 0 Å². The van der Waals surface area contributed by atoms with Crippen molar-refractivity contribution in [1.29, 1.82) is 0 Å². The average Bonchev–Trinajstić information content (AvgIpc) is 2.22. The number of hydrogen-bond acceptors (Lipinski definition) is 4. The minimum Gasteiger partial charge on any atom is -0.394 e. The minimum absolute atomic E-state index is 0.218. The van der Waals surface area contributed by atoms with Gasteiger partial charge in [-0.05, 0) is 20.8 Å². The predicted molar refractivity (Wildman–Crippen MR) is 60.9 cm³/mol. The van der Waals surface area contributed by atoms with Gasteiger partial charge in [0.1, 0.15) is 6.10 Å². The first-order chi connectivity index (χ1) is 7.31. The van der Waals surface area contributed by atoms with Crippen LogP contribution in [0, 0.1) is 0 Å². The van der Waals surface area contributed by atoms with Crippen molar-refractivity contribution >= 4 is 5.91 Å². The lowest BCUT2D eigenvalue weighted by Crippen LogP contribution is -2.43. The first-order valence-corrected chi connectivity index (χ1v) is 5.18. The molecule has 0 bridgehead atoms. The van der Waals surface area contributed by atoms with E-state index in [0.717, 1.165) is 0 Å². The molecule has 0 aliphatic rings. The molecule has 0 aromatic rings. The van der Waals surface area contributed by atoms with Crippen molar-refractivity contribution < 1.29 is 19.7 Å². The van der Waals surface area contributed by atoms with Crippen LogP contribution in [0.5, 0.6) is 0 Å². The molecule has 0 aromatic carbocycles. The Bertz CT molecular complexity index is 250. The summed E-state index contributed by atoms with van der Waals surface area (Å²) in [6, 6.07) is 0. The van der Waals surface area contributed by atoms with Gasteiger partial charge in [0.05, 0.1) is 18.8 Å². The maximum atomic E-state index is 11.1. The van der Waals surface area contributed by atoms with E-state index >= 15 is 0 Å². The smallest absolute Gasteiger partial charge is 0.246 e. The Labute approximate surface area is 96.1 Å². The van der Waals surface area contributed by atoms with Gasteiger partial charge in [0.15, 0.2) is 0 Å². The van der Waals surface area contributed by atoms with E-state index in [1.54, 1.807) is 20.8 Å². The first kappa shape index (κ1) is 15.1. The molecule has 5 heteroatoms. The molecule has 0 radical (unpaired) electrons. The molecule has 94 valence electrons. The molecule has 1 amide bonds. The summed E-state index contributed by atoms with van der Waals surface area (Å²) in [6.45, 7) is 8.72. The van der Waals surface area contributed by atoms with Gasteiger partial charge in [-0.2, -0.15) is 0 Å². The average molecular weight is 231 g/mol. The van der Waals surface area contributed by atoms with Crippen molar-refractivity contribution in [3.05, 3.63) is 12.2 Å². The number of hydrogen-bond donors (Lipinski definition) is 3.